The Labute approximate surface area is 158 Å². The van der Waals surface area contributed by atoms with Crippen LogP contribution in [-0.2, 0) is 16.1 Å². The van der Waals surface area contributed by atoms with Gasteiger partial charge in [-0.25, -0.2) is 4.79 Å². The molecule has 0 aliphatic carbocycles. The van der Waals surface area contributed by atoms with Gasteiger partial charge in [0.1, 0.15) is 17.2 Å². The van der Waals surface area contributed by atoms with E-state index in [1.807, 2.05) is 24.3 Å². The van der Waals surface area contributed by atoms with Gasteiger partial charge in [0.15, 0.2) is 6.61 Å². The van der Waals surface area contributed by atoms with Crippen LogP contribution < -0.4 is 14.2 Å². The Kier molecular flexibility index (Phi) is 7.05. The van der Waals surface area contributed by atoms with Crippen molar-refractivity contribution in [2.75, 3.05) is 35.0 Å². The first-order chi connectivity index (χ1) is 13.0. The molecule has 0 aliphatic rings. The van der Waals surface area contributed by atoms with E-state index in [1.54, 1.807) is 20.2 Å². The third-order valence-corrected chi connectivity index (χ3v) is 3.94. The molecule has 7 heteroatoms. The van der Waals surface area contributed by atoms with Crippen molar-refractivity contribution in [3.8, 4) is 17.2 Å². The minimum Gasteiger partial charge on any atom is -0.497 e. The van der Waals surface area contributed by atoms with Crippen LogP contribution >= 0.6 is 0 Å². The molecule has 0 spiro atoms. The summed E-state index contributed by atoms with van der Waals surface area (Å²) in [6, 6.07) is 12.1. The van der Waals surface area contributed by atoms with Crippen LogP contribution in [0.25, 0.3) is 0 Å². The third kappa shape index (κ3) is 5.37. The second-order valence-electron chi connectivity index (χ2n) is 5.74. The fraction of sp³-hybridized carbons (Fsp3) is 0.300. The van der Waals surface area contributed by atoms with Crippen LogP contribution in [0.5, 0.6) is 17.2 Å². The number of para-hydroxylation sites is 1. The van der Waals surface area contributed by atoms with E-state index in [0.717, 1.165) is 5.56 Å². The topological polar surface area (TPSA) is 74.3 Å². The SMILES string of the molecule is COc1cc(OC)cc(C(=O)OCC(=O)N(C)Cc2ccccc2OC)c1. The first-order valence-corrected chi connectivity index (χ1v) is 8.24. The first kappa shape index (κ1) is 20.1. The van der Waals surface area contributed by atoms with Crippen LogP contribution in [0.15, 0.2) is 42.5 Å². The van der Waals surface area contributed by atoms with Gasteiger partial charge in [-0.1, -0.05) is 18.2 Å². The van der Waals surface area contributed by atoms with Crippen LogP contribution in [-0.4, -0.2) is 51.8 Å². The van der Waals surface area contributed by atoms with Gasteiger partial charge < -0.3 is 23.8 Å². The summed E-state index contributed by atoms with van der Waals surface area (Å²) in [7, 11) is 6.18. The highest BCUT2D eigenvalue weighted by molar-refractivity contribution is 5.92. The third-order valence-electron chi connectivity index (χ3n) is 3.94. The average Bonchev–Trinajstić information content (AvgIpc) is 2.71. The molecule has 0 saturated carbocycles. The van der Waals surface area contributed by atoms with Crippen LogP contribution in [0.4, 0.5) is 0 Å². The van der Waals surface area contributed by atoms with E-state index >= 15 is 0 Å². The van der Waals surface area contributed by atoms with Crippen molar-refractivity contribution in [1.82, 2.24) is 4.90 Å². The standard InChI is InChI=1S/C20H23NO6/c1-21(12-14-7-5-6-8-18(14)26-4)19(22)13-27-20(23)15-9-16(24-2)11-17(10-15)25-3/h5-11H,12-13H2,1-4H3. The van der Waals surface area contributed by atoms with Gasteiger partial charge in [-0.05, 0) is 18.2 Å². The summed E-state index contributed by atoms with van der Waals surface area (Å²) in [6.45, 7) is -0.0304. The summed E-state index contributed by atoms with van der Waals surface area (Å²) < 4.78 is 20.7. The molecule has 0 radical (unpaired) electrons. The van der Waals surface area contributed by atoms with Crippen molar-refractivity contribution >= 4 is 11.9 Å². The molecule has 0 heterocycles. The Morgan fingerprint density at radius 2 is 1.56 bits per heavy atom. The number of benzene rings is 2. The molecular formula is C20H23NO6. The zero-order valence-corrected chi connectivity index (χ0v) is 15.9. The lowest BCUT2D eigenvalue weighted by Gasteiger charge is -2.18. The molecule has 0 atom stereocenters. The normalized spacial score (nSPS) is 10.1. The highest BCUT2D eigenvalue weighted by Crippen LogP contribution is 2.23. The summed E-state index contributed by atoms with van der Waals surface area (Å²) in [5.41, 5.74) is 1.10. The van der Waals surface area contributed by atoms with Crippen molar-refractivity contribution in [2.45, 2.75) is 6.54 Å². The lowest BCUT2D eigenvalue weighted by atomic mass is 10.2. The van der Waals surface area contributed by atoms with Crippen LogP contribution in [0.1, 0.15) is 15.9 Å². The van der Waals surface area contributed by atoms with E-state index in [9.17, 15) is 9.59 Å². The number of carbonyl (C=O) groups is 2. The number of hydrogen-bond acceptors (Lipinski definition) is 6. The molecule has 2 aromatic rings. The maximum atomic E-state index is 12.3. The molecule has 7 nitrogen and oxygen atoms in total. The molecular weight excluding hydrogens is 350 g/mol. The van der Waals surface area contributed by atoms with E-state index in [0.29, 0.717) is 23.8 Å². The van der Waals surface area contributed by atoms with Crippen molar-refractivity contribution in [2.24, 2.45) is 0 Å². The predicted molar refractivity (Wildman–Crippen MR) is 99.3 cm³/mol. The molecule has 1 amide bonds. The molecule has 0 saturated heterocycles. The molecule has 27 heavy (non-hydrogen) atoms. The maximum Gasteiger partial charge on any atom is 0.338 e. The van der Waals surface area contributed by atoms with E-state index in [-0.39, 0.29) is 18.1 Å². The molecule has 0 bridgehead atoms. The smallest absolute Gasteiger partial charge is 0.338 e. The number of ether oxygens (including phenoxy) is 4. The highest BCUT2D eigenvalue weighted by atomic mass is 16.5. The van der Waals surface area contributed by atoms with Crippen molar-refractivity contribution in [3.63, 3.8) is 0 Å². The molecule has 0 aromatic heterocycles. The zero-order valence-electron chi connectivity index (χ0n) is 15.9. The fourth-order valence-electron chi connectivity index (χ4n) is 2.42. The van der Waals surface area contributed by atoms with Gasteiger partial charge in [0.05, 0.1) is 26.9 Å². The lowest BCUT2D eigenvalue weighted by molar-refractivity contribution is -0.133. The number of carbonyl (C=O) groups excluding carboxylic acids is 2. The number of esters is 1. The van der Waals surface area contributed by atoms with E-state index in [1.165, 1.54) is 31.3 Å². The molecule has 2 rings (SSSR count). The predicted octanol–water partition coefficient (Wildman–Crippen LogP) is 2.53. The van der Waals surface area contributed by atoms with Gasteiger partial charge in [0.2, 0.25) is 0 Å². The maximum absolute atomic E-state index is 12.3. The summed E-state index contributed by atoms with van der Waals surface area (Å²) in [5, 5.41) is 0. The summed E-state index contributed by atoms with van der Waals surface area (Å²) in [6.07, 6.45) is 0. The molecule has 144 valence electrons. The van der Waals surface area contributed by atoms with Gasteiger partial charge in [0, 0.05) is 25.2 Å². The lowest BCUT2D eigenvalue weighted by Crippen LogP contribution is -2.31. The Bertz CT molecular complexity index is 783. The number of amides is 1. The van der Waals surface area contributed by atoms with Crippen molar-refractivity contribution in [1.29, 1.82) is 0 Å². The van der Waals surface area contributed by atoms with Gasteiger partial charge in [-0.15, -0.1) is 0 Å². The number of hydrogen-bond donors (Lipinski definition) is 0. The van der Waals surface area contributed by atoms with Crippen LogP contribution in [0.3, 0.4) is 0 Å². The minimum atomic E-state index is -0.633. The molecule has 0 aliphatic heterocycles. The minimum absolute atomic E-state index is 0.242. The molecule has 0 unspecified atom stereocenters. The number of rotatable bonds is 8. The van der Waals surface area contributed by atoms with Gasteiger partial charge in [0.25, 0.3) is 5.91 Å². The van der Waals surface area contributed by atoms with Gasteiger partial charge >= 0.3 is 5.97 Å². The van der Waals surface area contributed by atoms with Gasteiger partial charge in [-0.2, -0.15) is 0 Å². The molecule has 2 aromatic carbocycles. The second-order valence-corrected chi connectivity index (χ2v) is 5.74. The van der Waals surface area contributed by atoms with E-state index in [2.05, 4.69) is 0 Å². The molecule has 0 fully saturated rings. The Hall–Kier alpha value is -3.22. The summed E-state index contributed by atoms with van der Waals surface area (Å²) in [4.78, 5) is 26.0. The average molecular weight is 373 g/mol. The number of methoxy groups -OCH3 is 3. The van der Waals surface area contributed by atoms with Crippen molar-refractivity contribution < 1.29 is 28.5 Å². The summed E-state index contributed by atoms with van der Waals surface area (Å²) >= 11 is 0. The molecule has 0 N–H and O–H groups in total. The first-order valence-electron chi connectivity index (χ1n) is 8.24. The number of likely N-dealkylation sites (N-methyl/N-ethyl adjacent to an activating group) is 1. The fourth-order valence-corrected chi connectivity index (χ4v) is 2.42. The van der Waals surface area contributed by atoms with Gasteiger partial charge in [-0.3, -0.25) is 4.79 Å². The summed E-state index contributed by atoms with van der Waals surface area (Å²) in [5.74, 6) is 0.648. The second kappa shape index (κ2) is 9.47. The van der Waals surface area contributed by atoms with E-state index in [4.69, 9.17) is 18.9 Å². The Morgan fingerprint density at radius 3 is 2.15 bits per heavy atom. The largest absolute Gasteiger partial charge is 0.497 e. The van der Waals surface area contributed by atoms with Crippen LogP contribution in [0, 0.1) is 0 Å². The monoisotopic (exact) mass is 373 g/mol. The number of nitrogens with zero attached hydrogens (tertiary/aromatic N) is 1. The highest BCUT2D eigenvalue weighted by Gasteiger charge is 2.16. The van der Waals surface area contributed by atoms with Crippen molar-refractivity contribution in [3.05, 3.63) is 53.6 Å². The quantitative estimate of drug-likeness (QED) is 0.662. The Morgan fingerprint density at radius 1 is 0.926 bits per heavy atom. The van der Waals surface area contributed by atoms with E-state index < -0.39 is 5.97 Å². The Balaban J connectivity index is 1.97. The zero-order chi connectivity index (χ0) is 19.8. The van der Waals surface area contributed by atoms with Crippen LogP contribution in [0.2, 0.25) is 0 Å².